The van der Waals surface area contributed by atoms with Gasteiger partial charge in [-0.3, -0.25) is 23.9 Å². The van der Waals surface area contributed by atoms with Crippen LogP contribution in [0, 0.1) is 17.0 Å². The Bertz CT molecular complexity index is 3070. The van der Waals surface area contributed by atoms with Crippen LogP contribution < -0.4 is 20.1 Å². The van der Waals surface area contributed by atoms with E-state index in [2.05, 4.69) is 27.2 Å². The first-order valence-corrected chi connectivity index (χ1v) is 26.9. The van der Waals surface area contributed by atoms with E-state index in [0.717, 1.165) is 38.0 Å². The number of β-amino-alcohol motifs (C(OH)–C–C–N with tert-alkyl or cyclic N) is 1. The van der Waals surface area contributed by atoms with Gasteiger partial charge in [0.1, 0.15) is 48.7 Å². The number of aromatic nitrogens is 2. The molecule has 406 valence electrons. The zero-order valence-electron chi connectivity index (χ0n) is 42.8. The Morgan fingerprint density at radius 1 is 0.974 bits per heavy atom. The second kappa shape index (κ2) is 25.1. The lowest BCUT2D eigenvalue weighted by Gasteiger charge is -2.35. The lowest BCUT2D eigenvalue weighted by molar-refractivity contribution is -0.144. The van der Waals surface area contributed by atoms with E-state index in [1.165, 1.54) is 11.1 Å². The Hall–Kier alpha value is -6.56. The maximum absolute atomic E-state index is 15.7. The number of aliphatic hydroxyl groups is 1. The number of carbonyl (C=O) groups excluding carboxylic acids is 4. The molecule has 0 saturated carbocycles. The number of nitrogens with one attached hydrogen (secondary N) is 4. The third-order valence-corrected chi connectivity index (χ3v) is 15.2. The van der Waals surface area contributed by atoms with Crippen molar-refractivity contribution in [2.24, 2.45) is 5.41 Å². The highest BCUT2D eigenvalue weighted by molar-refractivity contribution is 8.10. The predicted octanol–water partition coefficient (Wildman–Crippen LogP) is 7.29. The number of anilines is 1. The summed E-state index contributed by atoms with van der Waals surface area (Å²) in [5.74, 6) is -4.62. The molecule has 0 spiro atoms. The van der Waals surface area contributed by atoms with E-state index in [1.807, 2.05) is 42.8 Å². The highest BCUT2D eigenvalue weighted by Crippen LogP contribution is 2.33. The fourth-order valence-electron chi connectivity index (χ4n) is 8.74. The number of ether oxygens (including phenoxy) is 3. The van der Waals surface area contributed by atoms with Crippen LogP contribution in [0.4, 0.5) is 18.9 Å². The van der Waals surface area contributed by atoms with Crippen molar-refractivity contribution in [1.82, 2.24) is 29.8 Å². The number of hydrogen-bond donors (Lipinski definition) is 5. The van der Waals surface area contributed by atoms with Crippen molar-refractivity contribution in [2.75, 3.05) is 57.4 Å². The first-order chi connectivity index (χ1) is 36.1. The summed E-state index contributed by atoms with van der Waals surface area (Å²) in [5, 5.41) is 18.3. The number of benzene rings is 3. The van der Waals surface area contributed by atoms with E-state index in [-0.39, 0.29) is 82.1 Å². The SMILES string of the molecule is C=CSC(=C(C)C)c1ccc(CNC(=O)[C@@H]2C[C@@H](O)CN2C(=O)[C@@H](NC(=O)COCCOCCOc2ccc(-c3cnc4[nH]cc(C(=O)c5c(F)ccc(NS(=O)(=O)N6CC[C@@H](F)C6)c5F)c4c3)cc2)C(C)(C)C)cc1. The van der Waals surface area contributed by atoms with Gasteiger partial charge in [-0.2, -0.15) is 12.7 Å². The van der Waals surface area contributed by atoms with E-state index in [0.29, 0.717) is 16.9 Å². The van der Waals surface area contributed by atoms with Crippen molar-refractivity contribution in [3.63, 3.8) is 0 Å². The number of aromatic amines is 1. The van der Waals surface area contributed by atoms with Gasteiger partial charge in [-0.15, -0.1) is 0 Å². The number of carbonyl (C=O) groups is 4. The summed E-state index contributed by atoms with van der Waals surface area (Å²) in [4.78, 5) is 63.9. The minimum Gasteiger partial charge on any atom is -0.491 e. The van der Waals surface area contributed by atoms with Gasteiger partial charge in [0.25, 0.3) is 0 Å². The minimum atomic E-state index is -4.39. The predicted molar refractivity (Wildman–Crippen MR) is 284 cm³/mol. The average Bonchev–Trinajstić information content (AvgIpc) is 4.14. The molecule has 2 fully saturated rings. The third kappa shape index (κ3) is 14.1. The summed E-state index contributed by atoms with van der Waals surface area (Å²) in [6.45, 7) is 13.1. The van der Waals surface area contributed by atoms with Crippen LogP contribution in [0.1, 0.15) is 74.5 Å². The molecule has 2 aromatic heterocycles. The van der Waals surface area contributed by atoms with Crippen molar-refractivity contribution in [3.8, 4) is 16.9 Å². The van der Waals surface area contributed by atoms with Gasteiger partial charge in [0.15, 0.2) is 5.82 Å². The van der Waals surface area contributed by atoms with Gasteiger partial charge in [0.2, 0.25) is 23.5 Å². The van der Waals surface area contributed by atoms with E-state index in [1.54, 1.807) is 74.5 Å². The molecule has 4 atom stereocenters. The number of H-pyrrole nitrogens is 1. The summed E-state index contributed by atoms with van der Waals surface area (Å²) >= 11 is 1.54. The molecule has 17 nitrogen and oxygen atoms in total. The molecule has 7 rings (SSSR count). The minimum absolute atomic E-state index is 0.0201. The third-order valence-electron chi connectivity index (χ3n) is 12.7. The smallest absolute Gasteiger partial charge is 0.301 e. The Balaban J connectivity index is 0.844. The zero-order chi connectivity index (χ0) is 54.9. The molecule has 22 heteroatoms. The fourth-order valence-corrected chi connectivity index (χ4v) is 10.7. The molecule has 0 aliphatic carbocycles. The average molecular weight is 1090 g/mol. The van der Waals surface area contributed by atoms with Gasteiger partial charge < -0.3 is 39.8 Å². The van der Waals surface area contributed by atoms with E-state index in [4.69, 9.17) is 14.2 Å². The Morgan fingerprint density at radius 2 is 1.68 bits per heavy atom. The number of nitrogens with zero attached hydrogens (tertiary/aromatic N) is 3. The van der Waals surface area contributed by atoms with E-state index < -0.39 is 92.9 Å². The van der Waals surface area contributed by atoms with Crippen LogP contribution in [-0.2, 0) is 40.6 Å². The van der Waals surface area contributed by atoms with Crippen LogP contribution in [0.3, 0.4) is 0 Å². The summed E-state index contributed by atoms with van der Waals surface area (Å²) in [5.41, 5.74) is 2.05. The maximum atomic E-state index is 15.7. The lowest BCUT2D eigenvalue weighted by atomic mass is 9.85. The van der Waals surface area contributed by atoms with Crippen LogP contribution in [0.5, 0.6) is 5.75 Å². The van der Waals surface area contributed by atoms with Crippen molar-refractivity contribution in [3.05, 3.63) is 131 Å². The van der Waals surface area contributed by atoms with Crippen LogP contribution >= 0.6 is 11.8 Å². The molecular weight excluding hydrogens is 1030 g/mol. The fraction of sp³-hybridized carbons (Fsp3) is 0.389. The molecule has 2 saturated heterocycles. The quantitative estimate of drug-likeness (QED) is 0.0322. The molecule has 5 N–H and O–H groups in total. The van der Waals surface area contributed by atoms with Gasteiger partial charge in [0, 0.05) is 66.4 Å². The summed E-state index contributed by atoms with van der Waals surface area (Å²) in [7, 11) is -4.39. The molecule has 76 heavy (non-hydrogen) atoms. The lowest BCUT2D eigenvalue weighted by Crippen LogP contribution is -2.58. The molecule has 5 aromatic rings. The highest BCUT2D eigenvalue weighted by Gasteiger charge is 2.44. The second-order valence-electron chi connectivity index (χ2n) is 19.6. The van der Waals surface area contributed by atoms with E-state index >= 15 is 8.78 Å². The van der Waals surface area contributed by atoms with E-state index in [9.17, 15) is 37.1 Å². The van der Waals surface area contributed by atoms with Gasteiger partial charge in [0.05, 0.1) is 37.2 Å². The summed E-state index contributed by atoms with van der Waals surface area (Å²) < 4.78 is 89.9. The standard InChI is InChI=1S/C54H62F3N7O10S2/c1-7-75-49(32(2)3)35-10-8-33(9-11-35)26-60-52(68)44-25-38(65)30-64(44)53(69)50(54(4,5)6)61-45(66)31-73-21-20-72-22-23-74-39-14-12-34(13-15-39)36-24-40-41(28-59-51(40)58-27-36)48(67)46-42(56)16-17-43(47(46)57)62-76(70,71)63-19-18-37(55)29-63/h7-17,24,27-28,37-38,44,50,62,65H,1,18-23,25-26,29-31H2,2-6H3,(H,58,59)(H,60,68)(H,61,66)/t37-,38-,44+,50-/m1/s1. The number of thioether (sulfide) groups is 1. The number of pyridine rings is 1. The Kier molecular flexibility index (Phi) is 18.8. The first-order valence-electron chi connectivity index (χ1n) is 24.6. The number of alkyl halides is 1. The molecule has 3 amide bonds. The molecule has 4 heterocycles. The number of aliphatic hydroxyl groups excluding tert-OH is 1. The van der Waals surface area contributed by atoms with Gasteiger partial charge >= 0.3 is 10.2 Å². The largest absolute Gasteiger partial charge is 0.491 e. The number of amides is 3. The zero-order valence-corrected chi connectivity index (χ0v) is 44.4. The molecule has 0 radical (unpaired) electrons. The number of fused-ring (bicyclic) bond motifs is 1. The second-order valence-corrected chi connectivity index (χ2v) is 22.3. The molecular formula is C54H62F3N7O10S2. The number of allylic oxidation sites excluding steroid dienone is 1. The molecule has 0 bridgehead atoms. The first kappa shape index (κ1) is 57.2. The van der Waals surface area contributed by atoms with Crippen molar-refractivity contribution in [2.45, 2.75) is 78.4 Å². The van der Waals surface area contributed by atoms with Crippen LogP contribution in [0.15, 0.2) is 96.7 Å². The normalized spacial score (nSPS) is 17.3. The van der Waals surface area contributed by atoms with Gasteiger partial charge in [-0.25, -0.2) is 18.2 Å². The van der Waals surface area contributed by atoms with Crippen molar-refractivity contribution in [1.29, 1.82) is 0 Å². The number of halogens is 3. The summed E-state index contributed by atoms with van der Waals surface area (Å²) in [6.07, 6.45) is 0.560. The van der Waals surface area contributed by atoms with Gasteiger partial charge in [-0.05, 0) is 78.1 Å². The Morgan fingerprint density at radius 3 is 2.36 bits per heavy atom. The van der Waals surface area contributed by atoms with Crippen LogP contribution in [0.25, 0.3) is 27.1 Å². The number of ketones is 1. The van der Waals surface area contributed by atoms with Crippen LogP contribution in [-0.4, -0.2) is 133 Å². The van der Waals surface area contributed by atoms with Gasteiger partial charge in [-0.1, -0.05) is 81.1 Å². The molecule has 2 aliphatic rings. The number of likely N-dealkylation sites (tertiary alicyclic amines) is 1. The molecule has 2 aliphatic heterocycles. The van der Waals surface area contributed by atoms with Crippen molar-refractivity contribution >= 4 is 67.1 Å². The molecule has 0 unspecified atom stereocenters. The summed E-state index contributed by atoms with van der Waals surface area (Å²) in [6, 6.07) is 16.0. The monoisotopic (exact) mass is 1090 g/mol. The molecule has 3 aromatic carbocycles. The van der Waals surface area contributed by atoms with Crippen molar-refractivity contribution < 1.29 is 60.1 Å². The highest BCUT2D eigenvalue weighted by atomic mass is 32.2. The number of hydrogen-bond acceptors (Lipinski definition) is 12. The Labute approximate surface area is 443 Å². The number of rotatable bonds is 23. The van der Waals surface area contributed by atoms with Crippen LogP contribution in [0.2, 0.25) is 0 Å². The topological polar surface area (TPSA) is 222 Å². The maximum Gasteiger partial charge on any atom is 0.301 e.